The largest absolute Gasteiger partial charge is 0.508 e. The first-order chi connectivity index (χ1) is 8.20. The molecule has 2 aromatic rings. The highest BCUT2D eigenvalue weighted by Crippen LogP contribution is 2.36. The van der Waals surface area contributed by atoms with E-state index in [9.17, 15) is 0 Å². The molecule has 0 spiro atoms. The standard InChI is InChI=1S/C7H8ClNO.C6H5N/c1-5-2-3-6(10)4-7(5)9-8;1-2-4-6-5(3-1)7-6/h2-4,9-10H,1H3;1-4,7H. The second kappa shape index (κ2) is 4.97. The second-order valence-electron chi connectivity index (χ2n) is 3.76. The summed E-state index contributed by atoms with van der Waals surface area (Å²) in [5.74, 6) is 0.216. The number of para-hydroxylation sites is 2. The molecule has 0 bridgehead atoms. The van der Waals surface area contributed by atoms with Crippen LogP contribution in [-0.2, 0) is 0 Å². The topological polar surface area (TPSA) is 54.2 Å². The van der Waals surface area contributed by atoms with Crippen LogP contribution in [0.3, 0.4) is 0 Å². The van der Waals surface area contributed by atoms with Crippen LogP contribution in [-0.4, -0.2) is 5.11 Å². The van der Waals surface area contributed by atoms with Gasteiger partial charge in [-0.25, -0.2) is 0 Å². The van der Waals surface area contributed by atoms with Crippen LogP contribution in [0.15, 0.2) is 42.5 Å². The number of phenols is 1. The van der Waals surface area contributed by atoms with Crippen molar-refractivity contribution in [2.24, 2.45) is 0 Å². The molecule has 88 valence electrons. The summed E-state index contributed by atoms with van der Waals surface area (Å²) in [5, 5.41) is 12.1. The summed E-state index contributed by atoms with van der Waals surface area (Å²) in [4.78, 5) is 2.45. The van der Waals surface area contributed by atoms with Gasteiger partial charge in [-0.15, -0.1) is 0 Å². The molecule has 17 heavy (non-hydrogen) atoms. The average Bonchev–Trinajstić information content (AvgIpc) is 3.12. The van der Waals surface area contributed by atoms with Crippen LogP contribution in [0.1, 0.15) is 5.56 Å². The summed E-state index contributed by atoms with van der Waals surface area (Å²) in [6.07, 6.45) is 0. The van der Waals surface area contributed by atoms with E-state index in [2.05, 4.69) is 22.3 Å². The molecule has 2 aromatic carbocycles. The van der Waals surface area contributed by atoms with Crippen molar-refractivity contribution >= 4 is 28.8 Å². The third-order valence-corrected chi connectivity index (χ3v) is 2.66. The van der Waals surface area contributed by atoms with E-state index in [4.69, 9.17) is 16.9 Å². The number of aryl methyl sites for hydroxylation is 1. The maximum Gasteiger partial charge on any atom is 0.117 e. The summed E-state index contributed by atoms with van der Waals surface area (Å²) in [7, 11) is 0. The van der Waals surface area contributed by atoms with Gasteiger partial charge in [-0.1, -0.05) is 18.2 Å². The monoisotopic (exact) mass is 248 g/mol. The Morgan fingerprint density at radius 3 is 2.24 bits per heavy atom. The highest BCUT2D eigenvalue weighted by Gasteiger charge is 2.10. The van der Waals surface area contributed by atoms with Crippen molar-refractivity contribution in [2.45, 2.75) is 6.92 Å². The van der Waals surface area contributed by atoms with E-state index in [0.29, 0.717) is 0 Å². The normalized spacial score (nSPS) is 10.5. The Labute approximate surface area is 105 Å². The molecular formula is C13H13ClN2O. The molecule has 0 atom stereocenters. The molecule has 1 aliphatic rings. The van der Waals surface area contributed by atoms with Gasteiger partial charge in [0.15, 0.2) is 0 Å². The third kappa shape index (κ3) is 3.04. The number of benzene rings is 2. The third-order valence-electron chi connectivity index (χ3n) is 2.46. The molecule has 3 nitrogen and oxygen atoms in total. The first-order valence-electron chi connectivity index (χ1n) is 5.23. The van der Waals surface area contributed by atoms with Gasteiger partial charge in [0.25, 0.3) is 0 Å². The highest BCUT2D eigenvalue weighted by molar-refractivity contribution is 6.24. The highest BCUT2D eigenvalue weighted by atomic mass is 35.5. The number of aromatic hydroxyl groups is 1. The van der Waals surface area contributed by atoms with Crippen molar-refractivity contribution in [2.75, 3.05) is 10.2 Å². The van der Waals surface area contributed by atoms with Gasteiger partial charge in [-0.2, -0.15) is 0 Å². The van der Waals surface area contributed by atoms with Gasteiger partial charge in [0, 0.05) is 17.8 Å². The Kier molecular flexibility index (Phi) is 3.40. The lowest BCUT2D eigenvalue weighted by Crippen LogP contribution is -1.83. The van der Waals surface area contributed by atoms with Gasteiger partial charge >= 0.3 is 0 Å². The Bertz CT molecular complexity index is 508. The second-order valence-corrected chi connectivity index (χ2v) is 3.95. The first-order valence-corrected chi connectivity index (χ1v) is 5.61. The minimum absolute atomic E-state index is 0.216. The molecule has 4 heteroatoms. The minimum Gasteiger partial charge on any atom is -0.508 e. The molecule has 0 amide bonds. The number of anilines is 3. The summed E-state index contributed by atoms with van der Waals surface area (Å²) in [6.45, 7) is 1.91. The number of phenolic OH excluding ortho intramolecular Hbond substituents is 1. The molecule has 1 aliphatic heterocycles. The van der Waals surface area contributed by atoms with Crippen molar-refractivity contribution < 1.29 is 5.11 Å². The number of fused-ring (bicyclic) bond motifs is 1. The van der Waals surface area contributed by atoms with Crippen LogP contribution in [0.4, 0.5) is 17.1 Å². The van der Waals surface area contributed by atoms with Gasteiger partial charge in [-0.05, 0) is 30.7 Å². The Morgan fingerprint density at radius 1 is 1.12 bits per heavy atom. The number of nitrogens with one attached hydrogen (secondary N) is 2. The molecule has 3 rings (SSSR count). The summed E-state index contributed by atoms with van der Waals surface area (Å²) < 4.78 is 0. The summed E-state index contributed by atoms with van der Waals surface area (Å²) in [6, 6.07) is 13.2. The van der Waals surface area contributed by atoms with Gasteiger partial charge in [0.2, 0.25) is 0 Å². The van der Waals surface area contributed by atoms with Crippen molar-refractivity contribution in [1.82, 2.24) is 0 Å². The average molecular weight is 249 g/mol. The molecule has 0 unspecified atom stereocenters. The van der Waals surface area contributed by atoms with Crippen LogP contribution in [0.5, 0.6) is 5.75 Å². The van der Waals surface area contributed by atoms with E-state index in [1.807, 2.05) is 19.1 Å². The fourth-order valence-corrected chi connectivity index (χ4v) is 1.60. The fourth-order valence-electron chi connectivity index (χ4n) is 1.39. The van der Waals surface area contributed by atoms with Crippen LogP contribution in [0, 0.1) is 6.92 Å². The van der Waals surface area contributed by atoms with E-state index in [1.54, 1.807) is 18.2 Å². The SMILES string of the molecule is Cc1ccc(O)cc1NCl.c1ccc2c(c1)N2. The minimum atomic E-state index is 0.216. The molecular weight excluding hydrogens is 236 g/mol. The van der Waals surface area contributed by atoms with Crippen LogP contribution in [0.2, 0.25) is 0 Å². The van der Waals surface area contributed by atoms with E-state index in [0.717, 1.165) is 11.3 Å². The van der Waals surface area contributed by atoms with E-state index >= 15 is 0 Å². The summed E-state index contributed by atoms with van der Waals surface area (Å²) >= 11 is 5.34. The molecule has 0 fully saturated rings. The molecule has 0 aliphatic carbocycles. The van der Waals surface area contributed by atoms with Crippen molar-refractivity contribution in [3.05, 3.63) is 48.0 Å². The predicted octanol–water partition coefficient (Wildman–Crippen LogP) is 4.01. The zero-order chi connectivity index (χ0) is 12.3. The molecule has 0 radical (unpaired) electrons. The molecule has 0 saturated carbocycles. The lowest BCUT2D eigenvalue weighted by molar-refractivity contribution is 0.475. The van der Waals surface area contributed by atoms with Crippen LogP contribution < -0.4 is 10.2 Å². The Balaban J connectivity index is 0.000000134. The van der Waals surface area contributed by atoms with Gasteiger partial charge in [0.05, 0.1) is 17.1 Å². The zero-order valence-electron chi connectivity index (χ0n) is 9.37. The molecule has 3 N–H and O–H groups in total. The first kappa shape index (κ1) is 11.6. The van der Waals surface area contributed by atoms with Crippen molar-refractivity contribution in [1.29, 1.82) is 0 Å². The number of halogens is 1. The fraction of sp³-hybridized carbons (Fsp3) is 0.0769. The quantitative estimate of drug-likeness (QED) is 0.451. The lowest BCUT2D eigenvalue weighted by atomic mass is 10.2. The van der Waals surface area contributed by atoms with Gasteiger partial charge in [0.1, 0.15) is 5.75 Å². The van der Waals surface area contributed by atoms with Crippen molar-refractivity contribution in [3.63, 3.8) is 0 Å². The van der Waals surface area contributed by atoms with Crippen LogP contribution in [0.25, 0.3) is 0 Å². The van der Waals surface area contributed by atoms with Gasteiger partial charge in [-0.3, -0.25) is 4.84 Å². The lowest BCUT2D eigenvalue weighted by Gasteiger charge is -2.01. The molecule has 0 saturated heterocycles. The molecule has 1 heterocycles. The maximum atomic E-state index is 8.97. The smallest absolute Gasteiger partial charge is 0.117 e. The molecule has 0 aromatic heterocycles. The zero-order valence-corrected chi connectivity index (χ0v) is 10.1. The van der Waals surface area contributed by atoms with E-state index in [1.165, 1.54) is 11.4 Å². The van der Waals surface area contributed by atoms with Crippen molar-refractivity contribution in [3.8, 4) is 5.75 Å². The summed E-state index contributed by atoms with van der Waals surface area (Å²) in [5.41, 5.74) is 4.31. The van der Waals surface area contributed by atoms with E-state index < -0.39 is 0 Å². The maximum absolute atomic E-state index is 8.97. The number of hydrogen-bond acceptors (Lipinski definition) is 3. The van der Waals surface area contributed by atoms with E-state index in [-0.39, 0.29) is 5.75 Å². The number of hydrogen-bond donors (Lipinski definition) is 3. The Hall–Kier alpha value is -1.87. The van der Waals surface area contributed by atoms with Gasteiger partial charge < -0.3 is 10.4 Å². The Morgan fingerprint density at radius 2 is 1.76 bits per heavy atom. The van der Waals surface area contributed by atoms with Crippen LogP contribution >= 0.6 is 11.8 Å². The predicted molar refractivity (Wildman–Crippen MR) is 72.0 cm³/mol. The number of rotatable bonds is 1.